The van der Waals surface area contributed by atoms with E-state index in [-0.39, 0.29) is 28.1 Å². The molecule has 0 spiro atoms. The lowest BCUT2D eigenvalue weighted by molar-refractivity contribution is 0.0697. The number of carboxylic acids is 1. The standard InChI is InChI=1S/C37H23NO7S3/c1-19-14-34(41)45-33-18-25(9-13-26(19)33)48-47-24-7-2-20(3-8-24)36(46)38-21-4-10-27(37(42)43)30(15-21)35-28-11-5-22(39)16-31(28)44-32-17-23(40)6-12-29(32)35/h2-18,39H,1H3,(H,38,46)(H,42,43). The molecule has 0 fully saturated rings. The number of carboxylic acid groups (broad SMARTS) is 1. The number of aromatic carboxylic acids is 1. The second-order valence-corrected chi connectivity index (χ2v) is 13.6. The second kappa shape index (κ2) is 12.7. The van der Waals surface area contributed by atoms with Gasteiger partial charge in [0.1, 0.15) is 27.7 Å². The first-order chi connectivity index (χ1) is 23.1. The van der Waals surface area contributed by atoms with Gasteiger partial charge in [-0.3, -0.25) is 4.79 Å². The number of fused-ring (bicyclic) bond motifs is 3. The molecule has 2 heterocycles. The number of aryl methyl sites for hydroxylation is 1. The number of hydrogen-bond donors (Lipinski definition) is 3. The van der Waals surface area contributed by atoms with E-state index in [1.807, 2.05) is 49.4 Å². The molecule has 0 saturated carbocycles. The minimum Gasteiger partial charge on any atom is -0.508 e. The number of thiocarbonyl (C=S) groups is 1. The first kappa shape index (κ1) is 31.3. The molecule has 1 aromatic heterocycles. The molecule has 1 aliphatic carbocycles. The molecule has 11 heteroatoms. The van der Waals surface area contributed by atoms with E-state index in [2.05, 4.69) is 5.32 Å². The van der Waals surface area contributed by atoms with Gasteiger partial charge in [-0.25, -0.2) is 9.59 Å². The SMILES string of the molecule is Cc1cc(=O)oc2cc(SSc3ccc(C(=S)Nc4ccc(C(=O)O)c(-c5c6ccc(=O)cc-6oc6cc(O)ccc56)c4)cc3)ccc12. The number of hydrogen-bond acceptors (Lipinski definition) is 9. The highest BCUT2D eigenvalue weighted by atomic mass is 33.1. The van der Waals surface area contributed by atoms with Crippen molar-refractivity contribution in [2.24, 2.45) is 0 Å². The Bertz CT molecular complexity index is 2500. The summed E-state index contributed by atoms with van der Waals surface area (Å²) in [4.78, 5) is 38.7. The fourth-order valence-corrected chi connectivity index (χ4v) is 7.68. The van der Waals surface area contributed by atoms with Gasteiger partial charge in [0.2, 0.25) is 0 Å². The monoisotopic (exact) mass is 689 g/mol. The predicted molar refractivity (Wildman–Crippen MR) is 194 cm³/mol. The summed E-state index contributed by atoms with van der Waals surface area (Å²) < 4.78 is 11.3. The first-order valence-electron chi connectivity index (χ1n) is 14.5. The Morgan fingerprint density at radius 2 is 1.48 bits per heavy atom. The molecule has 8 nitrogen and oxygen atoms in total. The lowest BCUT2D eigenvalue weighted by Crippen LogP contribution is -2.11. The van der Waals surface area contributed by atoms with Crippen LogP contribution in [0.5, 0.6) is 5.75 Å². The maximum Gasteiger partial charge on any atom is 0.336 e. The summed E-state index contributed by atoms with van der Waals surface area (Å²) in [6, 6.07) is 28.8. The molecule has 236 valence electrons. The van der Waals surface area contributed by atoms with Crippen molar-refractivity contribution < 1.29 is 23.8 Å². The van der Waals surface area contributed by atoms with Gasteiger partial charge in [-0.05, 0) is 90.8 Å². The van der Waals surface area contributed by atoms with Crippen molar-refractivity contribution in [2.45, 2.75) is 16.7 Å². The van der Waals surface area contributed by atoms with E-state index < -0.39 is 5.97 Å². The summed E-state index contributed by atoms with van der Waals surface area (Å²) in [6.07, 6.45) is 0. The van der Waals surface area contributed by atoms with Crippen molar-refractivity contribution in [3.8, 4) is 28.2 Å². The molecule has 7 rings (SSSR count). The summed E-state index contributed by atoms with van der Waals surface area (Å²) in [5.41, 5.74) is 3.93. The molecule has 48 heavy (non-hydrogen) atoms. The van der Waals surface area contributed by atoms with Gasteiger partial charge < -0.3 is 24.4 Å². The van der Waals surface area contributed by atoms with E-state index >= 15 is 0 Å². The van der Waals surface area contributed by atoms with Crippen LogP contribution in [0.1, 0.15) is 21.5 Å². The number of nitrogens with one attached hydrogen (secondary N) is 1. The van der Waals surface area contributed by atoms with Crippen LogP contribution >= 0.6 is 33.8 Å². The van der Waals surface area contributed by atoms with Gasteiger partial charge >= 0.3 is 11.6 Å². The molecular formula is C37H23NO7S3. The van der Waals surface area contributed by atoms with E-state index in [0.717, 1.165) is 26.3 Å². The van der Waals surface area contributed by atoms with Crippen molar-refractivity contribution in [3.63, 3.8) is 0 Å². The smallest absolute Gasteiger partial charge is 0.336 e. The number of phenols is 1. The third kappa shape index (κ3) is 6.18. The van der Waals surface area contributed by atoms with Crippen LogP contribution in [-0.4, -0.2) is 21.2 Å². The van der Waals surface area contributed by atoms with Gasteiger partial charge in [-0.15, -0.1) is 0 Å². The highest BCUT2D eigenvalue weighted by molar-refractivity contribution is 8.76. The molecule has 0 atom stereocenters. The van der Waals surface area contributed by atoms with Gasteiger partial charge in [-0.2, -0.15) is 0 Å². The summed E-state index contributed by atoms with van der Waals surface area (Å²) in [7, 11) is 3.10. The van der Waals surface area contributed by atoms with Crippen molar-refractivity contribution in [3.05, 3.63) is 140 Å². The summed E-state index contributed by atoms with van der Waals surface area (Å²) in [6.45, 7) is 1.88. The van der Waals surface area contributed by atoms with Gasteiger partial charge in [0.05, 0.1) is 5.56 Å². The van der Waals surface area contributed by atoms with E-state index in [4.69, 9.17) is 21.1 Å². The van der Waals surface area contributed by atoms with E-state index in [1.165, 1.54) is 36.4 Å². The minimum atomic E-state index is -1.13. The molecule has 0 bridgehead atoms. The van der Waals surface area contributed by atoms with Crippen LogP contribution in [0, 0.1) is 6.92 Å². The summed E-state index contributed by atoms with van der Waals surface area (Å²) in [5.74, 6) is -0.898. The summed E-state index contributed by atoms with van der Waals surface area (Å²) >= 11 is 5.73. The Kier molecular flexibility index (Phi) is 8.26. The van der Waals surface area contributed by atoms with Crippen LogP contribution in [0.3, 0.4) is 0 Å². The third-order valence-electron chi connectivity index (χ3n) is 7.73. The average Bonchev–Trinajstić information content (AvgIpc) is 3.06. The highest BCUT2D eigenvalue weighted by Gasteiger charge is 2.22. The maximum atomic E-state index is 12.4. The number of phenolic OH excluding ortho intramolecular Hbond substituents is 1. The number of aromatic hydroxyl groups is 1. The lowest BCUT2D eigenvalue weighted by atomic mass is 9.90. The zero-order valence-corrected chi connectivity index (χ0v) is 27.4. The van der Waals surface area contributed by atoms with Crippen LogP contribution in [0.4, 0.5) is 5.69 Å². The van der Waals surface area contributed by atoms with E-state index in [0.29, 0.717) is 43.9 Å². The van der Waals surface area contributed by atoms with Crippen LogP contribution in [0.2, 0.25) is 0 Å². The maximum absolute atomic E-state index is 12.4. The Hall–Kier alpha value is -5.36. The van der Waals surface area contributed by atoms with Gasteiger partial charge in [0.15, 0.2) is 5.43 Å². The Morgan fingerprint density at radius 3 is 2.27 bits per heavy atom. The van der Waals surface area contributed by atoms with Crippen molar-refractivity contribution >= 4 is 72.4 Å². The number of rotatable bonds is 7. The molecule has 0 unspecified atom stereocenters. The topological polar surface area (TPSA) is 130 Å². The summed E-state index contributed by atoms with van der Waals surface area (Å²) in [5, 5.41) is 24.9. The molecule has 0 saturated heterocycles. The molecular weight excluding hydrogens is 667 g/mol. The number of benzene rings is 5. The van der Waals surface area contributed by atoms with Crippen molar-refractivity contribution in [1.29, 1.82) is 0 Å². The zero-order valence-electron chi connectivity index (χ0n) is 25.0. The Morgan fingerprint density at radius 1 is 0.750 bits per heavy atom. The fraction of sp³-hybridized carbons (Fsp3) is 0.0270. The lowest BCUT2D eigenvalue weighted by Gasteiger charge is -2.18. The molecule has 3 N–H and O–H groups in total. The predicted octanol–water partition coefficient (Wildman–Crippen LogP) is 8.97. The van der Waals surface area contributed by atoms with E-state index in [1.54, 1.807) is 45.9 Å². The Balaban J connectivity index is 1.15. The van der Waals surface area contributed by atoms with Crippen LogP contribution in [0.25, 0.3) is 44.4 Å². The van der Waals surface area contributed by atoms with Crippen LogP contribution in [0.15, 0.2) is 131 Å². The quantitative estimate of drug-likeness (QED) is 0.0642. The molecule has 0 amide bonds. The zero-order chi connectivity index (χ0) is 33.5. The normalized spacial score (nSPS) is 11.3. The second-order valence-electron chi connectivity index (χ2n) is 10.9. The highest BCUT2D eigenvalue weighted by Crippen LogP contribution is 2.43. The molecule has 0 radical (unpaired) electrons. The van der Waals surface area contributed by atoms with Crippen LogP contribution < -0.4 is 16.4 Å². The van der Waals surface area contributed by atoms with Crippen molar-refractivity contribution in [1.82, 2.24) is 0 Å². The molecule has 4 aromatic carbocycles. The van der Waals surface area contributed by atoms with Gasteiger partial charge in [-0.1, -0.05) is 45.9 Å². The number of carbonyl (C=O) groups is 1. The molecule has 5 aromatic rings. The number of anilines is 1. The average molecular weight is 690 g/mol. The Labute approximate surface area is 285 Å². The largest absolute Gasteiger partial charge is 0.508 e. The molecule has 1 aliphatic heterocycles. The van der Waals surface area contributed by atoms with Gasteiger partial charge in [0.25, 0.3) is 0 Å². The molecule has 2 aliphatic rings. The van der Waals surface area contributed by atoms with Crippen LogP contribution in [-0.2, 0) is 0 Å². The van der Waals surface area contributed by atoms with E-state index in [9.17, 15) is 24.6 Å². The van der Waals surface area contributed by atoms with Gasteiger partial charge in [0, 0.05) is 61.1 Å². The van der Waals surface area contributed by atoms with Crippen molar-refractivity contribution in [2.75, 3.05) is 5.32 Å². The fourth-order valence-electron chi connectivity index (χ4n) is 5.48. The first-order valence-corrected chi connectivity index (χ1v) is 17.1. The minimum absolute atomic E-state index is 0.0318. The third-order valence-corrected chi connectivity index (χ3v) is 10.5.